The maximum atomic E-state index is 13.4. The molecule has 0 saturated carbocycles. The maximum absolute atomic E-state index is 13.4. The molecule has 152 valence electrons. The van der Waals surface area contributed by atoms with E-state index in [0.29, 0.717) is 0 Å². The van der Waals surface area contributed by atoms with Crippen LogP contribution >= 0.6 is 0 Å². The fraction of sp³-hybridized carbons (Fsp3) is 0.409. The Labute approximate surface area is 166 Å². The van der Waals surface area contributed by atoms with E-state index in [9.17, 15) is 18.7 Å². The highest BCUT2D eigenvalue weighted by molar-refractivity contribution is 5.79. The second-order valence-corrected chi connectivity index (χ2v) is 7.81. The van der Waals surface area contributed by atoms with Crippen molar-refractivity contribution in [1.29, 1.82) is 0 Å². The maximum Gasteiger partial charge on any atom is 0.410 e. The molecule has 1 amide bonds. The smallest absolute Gasteiger partial charge is 0.410 e. The standard InChI is InChI=1S/C22H21F2NO4/c23-21(24)16-9-25(19-18(26)11-28-20(16)19)22(27)29-10-17-14-7-3-1-5-12(14)13-6-2-4-8-15(13)17/h1-8,16-21,26H,9-11H2. The minimum absolute atomic E-state index is 0.0499. The third-order valence-electron chi connectivity index (χ3n) is 6.27. The molecule has 2 aliphatic heterocycles. The molecule has 0 radical (unpaired) electrons. The van der Waals surface area contributed by atoms with Crippen LogP contribution in [0.3, 0.4) is 0 Å². The molecule has 4 atom stereocenters. The van der Waals surface area contributed by atoms with E-state index < -0.39 is 36.7 Å². The van der Waals surface area contributed by atoms with Crippen molar-refractivity contribution in [2.24, 2.45) is 5.92 Å². The largest absolute Gasteiger partial charge is 0.448 e. The van der Waals surface area contributed by atoms with Crippen LogP contribution < -0.4 is 0 Å². The average Bonchev–Trinajstić information content (AvgIpc) is 3.38. The van der Waals surface area contributed by atoms with Crippen LogP contribution in [-0.2, 0) is 9.47 Å². The van der Waals surface area contributed by atoms with Gasteiger partial charge >= 0.3 is 6.09 Å². The van der Waals surface area contributed by atoms with E-state index in [4.69, 9.17) is 9.47 Å². The van der Waals surface area contributed by atoms with Crippen molar-refractivity contribution in [1.82, 2.24) is 4.90 Å². The lowest BCUT2D eigenvalue weighted by atomic mass is 9.98. The summed E-state index contributed by atoms with van der Waals surface area (Å²) in [6.07, 6.45) is -5.15. The number of fused-ring (bicyclic) bond motifs is 4. The summed E-state index contributed by atoms with van der Waals surface area (Å²) in [5.74, 6) is -1.22. The summed E-state index contributed by atoms with van der Waals surface area (Å²) in [5.41, 5.74) is 4.39. The highest BCUT2D eigenvalue weighted by Gasteiger charge is 2.55. The molecular weight excluding hydrogens is 380 g/mol. The van der Waals surface area contributed by atoms with Gasteiger partial charge in [0.25, 0.3) is 0 Å². The van der Waals surface area contributed by atoms with Gasteiger partial charge in [0.05, 0.1) is 24.7 Å². The Morgan fingerprint density at radius 1 is 1.14 bits per heavy atom. The Bertz CT molecular complexity index is 891. The predicted octanol–water partition coefficient (Wildman–Crippen LogP) is 3.26. The number of hydrogen-bond acceptors (Lipinski definition) is 4. The van der Waals surface area contributed by atoms with Gasteiger partial charge in [0.1, 0.15) is 12.7 Å². The van der Waals surface area contributed by atoms with Crippen LogP contribution in [0.5, 0.6) is 0 Å². The second kappa shape index (κ2) is 7.07. The Morgan fingerprint density at radius 3 is 2.38 bits per heavy atom. The van der Waals surface area contributed by atoms with Crippen LogP contribution in [0, 0.1) is 5.92 Å². The molecule has 4 unspecified atom stereocenters. The first-order chi connectivity index (χ1) is 14.1. The number of rotatable bonds is 3. The number of halogens is 2. The normalized spacial score (nSPS) is 27.8. The molecule has 2 aromatic carbocycles. The fourth-order valence-corrected chi connectivity index (χ4v) is 4.94. The van der Waals surface area contributed by atoms with Gasteiger partial charge in [-0.1, -0.05) is 48.5 Å². The zero-order valence-corrected chi connectivity index (χ0v) is 15.6. The van der Waals surface area contributed by atoms with Crippen molar-refractivity contribution in [2.45, 2.75) is 30.6 Å². The number of hydrogen-bond donors (Lipinski definition) is 1. The van der Waals surface area contributed by atoms with Crippen LogP contribution in [-0.4, -0.2) is 60.5 Å². The molecule has 5 rings (SSSR count). The van der Waals surface area contributed by atoms with Crippen LogP contribution in [0.4, 0.5) is 13.6 Å². The summed E-state index contributed by atoms with van der Waals surface area (Å²) in [7, 11) is 0. The lowest BCUT2D eigenvalue weighted by Gasteiger charge is -2.25. The van der Waals surface area contributed by atoms with Gasteiger partial charge in [-0.2, -0.15) is 0 Å². The summed E-state index contributed by atoms with van der Waals surface area (Å²) < 4.78 is 37.6. The Balaban J connectivity index is 1.35. The van der Waals surface area contributed by atoms with Gasteiger partial charge in [-0.15, -0.1) is 0 Å². The van der Waals surface area contributed by atoms with E-state index in [1.165, 1.54) is 4.90 Å². The highest BCUT2D eigenvalue weighted by atomic mass is 19.3. The SMILES string of the molecule is O=C(OCC1c2ccccc2-c2ccccc21)N1CC(C(F)F)C2OCC(O)C21. The van der Waals surface area contributed by atoms with Crippen LogP contribution in [0.25, 0.3) is 11.1 Å². The minimum Gasteiger partial charge on any atom is -0.448 e. The summed E-state index contributed by atoms with van der Waals surface area (Å²) in [4.78, 5) is 14.0. The molecule has 7 heteroatoms. The number of aliphatic hydroxyl groups excluding tert-OH is 1. The van der Waals surface area contributed by atoms with Gasteiger partial charge in [0.15, 0.2) is 0 Å². The minimum atomic E-state index is -2.63. The Hall–Kier alpha value is -2.51. The van der Waals surface area contributed by atoms with Crippen molar-refractivity contribution in [3.05, 3.63) is 59.7 Å². The van der Waals surface area contributed by atoms with Crippen molar-refractivity contribution >= 4 is 6.09 Å². The van der Waals surface area contributed by atoms with Gasteiger partial charge in [0.2, 0.25) is 6.43 Å². The molecule has 5 nitrogen and oxygen atoms in total. The van der Waals surface area contributed by atoms with Gasteiger partial charge < -0.3 is 14.6 Å². The number of benzene rings is 2. The number of likely N-dealkylation sites (tertiary alicyclic amines) is 1. The van der Waals surface area contributed by atoms with E-state index >= 15 is 0 Å². The van der Waals surface area contributed by atoms with E-state index in [1.807, 2.05) is 48.5 Å². The van der Waals surface area contributed by atoms with Crippen molar-refractivity contribution < 1.29 is 28.2 Å². The number of aliphatic hydroxyl groups is 1. The van der Waals surface area contributed by atoms with E-state index in [-0.39, 0.29) is 25.7 Å². The molecule has 29 heavy (non-hydrogen) atoms. The first-order valence-corrected chi connectivity index (χ1v) is 9.75. The summed E-state index contributed by atoms with van der Waals surface area (Å²) in [6.45, 7) is -0.122. The predicted molar refractivity (Wildman–Crippen MR) is 101 cm³/mol. The molecule has 2 fully saturated rings. The summed E-state index contributed by atoms with van der Waals surface area (Å²) >= 11 is 0. The number of carbonyl (C=O) groups excluding carboxylic acids is 1. The Morgan fingerprint density at radius 2 is 1.76 bits per heavy atom. The molecule has 0 bridgehead atoms. The third-order valence-corrected chi connectivity index (χ3v) is 6.27. The molecule has 0 spiro atoms. The highest BCUT2D eigenvalue weighted by Crippen LogP contribution is 2.45. The number of ether oxygens (including phenoxy) is 2. The van der Waals surface area contributed by atoms with Crippen LogP contribution in [0.15, 0.2) is 48.5 Å². The molecule has 2 aromatic rings. The monoisotopic (exact) mass is 401 g/mol. The first-order valence-electron chi connectivity index (χ1n) is 9.75. The van der Waals surface area contributed by atoms with Gasteiger partial charge in [-0.05, 0) is 22.3 Å². The third kappa shape index (κ3) is 2.91. The number of alkyl halides is 2. The molecule has 1 aliphatic carbocycles. The molecule has 1 N–H and O–H groups in total. The number of carbonyl (C=O) groups is 1. The number of amides is 1. The first kappa shape index (κ1) is 18.5. The van der Waals surface area contributed by atoms with Crippen LogP contribution in [0.2, 0.25) is 0 Å². The topological polar surface area (TPSA) is 59.0 Å². The van der Waals surface area contributed by atoms with Gasteiger partial charge in [0, 0.05) is 12.5 Å². The van der Waals surface area contributed by atoms with E-state index in [0.717, 1.165) is 22.3 Å². The lowest BCUT2D eigenvalue weighted by molar-refractivity contribution is -0.00819. The average molecular weight is 401 g/mol. The van der Waals surface area contributed by atoms with E-state index in [1.54, 1.807) is 0 Å². The second-order valence-electron chi connectivity index (χ2n) is 7.81. The molecule has 0 aromatic heterocycles. The summed E-state index contributed by atoms with van der Waals surface area (Å²) in [6, 6.07) is 15.2. The van der Waals surface area contributed by atoms with Crippen molar-refractivity contribution in [2.75, 3.05) is 19.8 Å². The van der Waals surface area contributed by atoms with E-state index in [2.05, 4.69) is 0 Å². The van der Waals surface area contributed by atoms with Gasteiger partial charge in [-0.25, -0.2) is 13.6 Å². The molecular formula is C22H21F2NO4. The summed E-state index contributed by atoms with van der Waals surface area (Å²) in [5, 5.41) is 10.1. The molecule has 3 aliphatic rings. The lowest BCUT2D eigenvalue weighted by Crippen LogP contribution is -2.44. The molecule has 2 saturated heterocycles. The zero-order chi connectivity index (χ0) is 20.1. The van der Waals surface area contributed by atoms with Crippen LogP contribution in [0.1, 0.15) is 17.0 Å². The fourth-order valence-electron chi connectivity index (χ4n) is 4.94. The number of nitrogens with zero attached hydrogens (tertiary/aromatic N) is 1. The van der Waals surface area contributed by atoms with Gasteiger partial charge in [-0.3, -0.25) is 4.90 Å². The quantitative estimate of drug-likeness (QED) is 0.858. The Kier molecular flexibility index (Phi) is 4.52. The van der Waals surface area contributed by atoms with Crippen molar-refractivity contribution in [3.63, 3.8) is 0 Å². The van der Waals surface area contributed by atoms with Crippen molar-refractivity contribution in [3.8, 4) is 11.1 Å². The molecule has 2 heterocycles. The zero-order valence-electron chi connectivity index (χ0n) is 15.6.